The maximum atomic E-state index is 12.2. The van der Waals surface area contributed by atoms with Crippen molar-refractivity contribution < 1.29 is 9.72 Å². The van der Waals surface area contributed by atoms with Crippen molar-refractivity contribution in [2.24, 2.45) is 5.84 Å². The van der Waals surface area contributed by atoms with Gasteiger partial charge < -0.3 is 10.7 Å². The molecular weight excluding hydrogens is 298 g/mol. The van der Waals surface area contributed by atoms with E-state index in [1.165, 1.54) is 36.7 Å². The standard InChI is InChI=1S/C12H10ClN5O3/c13-9-2-1-7(18(20)21)5-10(9)16-12(19)8-3-4-15-6-11(8)17-14/h1-6,17H,14H2,(H,16,19). The van der Waals surface area contributed by atoms with Gasteiger partial charge in [0.25, 0.3) is 11.6 Å². The zero-order valence-electron chi connectivity index (χ0n) is 10.5. The molecule has 0 bridgehead atoms. The molecule has 108 valence electrons. The highest BCUT2D eigenvalue weighted by atomic mass is 35.5. The Morgan fingerprint density at radius 2 is 2.10 bits per heavy atom. The van der Waals surface area contributed by atoms with Gasteiger partial charge in [0.05, 0.1) is 33.1 Å². The highest BCUT2D eigenvalue weighted by Gasteiger charge is 2.15. The highest BCUT2D eigenvalue weighted by molar-refractivity contribution is 6.34. The first-order chi connectivity index (χ1) is 10.0. The molecule has 0 fully saturated rings. The van der Waals surface area contributed by atoms with Crippen LogP contribution in [0, 0.1) is 10.1 Å². The number of nitro benzene ring substituents is 1. The molecule has 0 saturated heterocycles. The summed E-state index contributed by atoms with van der Waals surface area (Å²) in [5.74, 6) is 4.77. The van der Waals surface area contributed by atoms with Gasteiger partial charge in [-0.3, -0.25) is 25.7 Å². The van der Waals surface area contributed by atoms with Gasteiger partial charge in [-0.1, -0.05) is 11.6 Å². The van der Waals surface area contributed by atoms with Crippen LogP contribution in [0.4, 0.5) is 17.1 Å². The first kappa shape index (κ1) is 14.7. The summed E-state index contributed by atoms with van der Waals surface area (Å²) in [7, 11) is 0. The molecule has 0 unspecified atom stereocenters. The Morgan fingerprint density at radius 3 is 2.76 bits per heavy atom. The van der Waals surface area contributed by atoms with Crippen molar-refractivity contribution in [3.63, 3.8) is 0 Å². The van der Waals surface area contributed by atoms with Crippen LogP contribution in [-0.4, -0.2) is 15.8 Å². The van der Waals surface area contributed by atoms with Crippen molar-refractivity contribution in [1.29, 1.82) is 0 Å². The molecule has 0 saturated carbocycles. The third-order valence-corrected chi connectivity index (χ3v) is 2.96. The van der Waals surface area contributed by atoms with E-state index in [2.05, 4.69) is 15.7 Å². The Morgan fingerprint density at radius 1 is 1.33 bits per heavy atom. The van der Waals surface area contributed by atoms with Gasteiger partial charge in [-0.15, -0.1) is 0 Å². The molecular formula is C12H10ClN5O3. The summed E-state index contributed by atoms with van der Waals surface area (Å²) in [6.07, 6.45) is 2.80. The van der Waals surface area contributed by atoms with Gasteiger partial charge in [-0.25, -0.2) is 0 Å². The number of amides is 1. The lowest BCUT2D eigenvalue weighted by Gasteiger charge is -2.10. The topological polar surface area (TPSA) is 123 Å². The SMILES string of the molecule is NNc1cnccc1C(=O)Nc1cc([N+](=O)[O-])ccc1Cl. The number of hydrogen-bond acceptors (Lipinski definition) is 6. The van der Waals surface area contributed by atoms with Crippen LogP contribution >= 0.6 is 11.6 Å². The van der Waals surface area contributed by atoms with E-state index in [1.54, 1.807) is 0 Å². The average molecular weight is 308 g/mol. The number of hydrogen-bond donors (Lipinski definition) is 3. The number of hydrazine groups is 1. The predicted molar refractivity (Wildman–Crippen MR) is 78.1 cm³/mol. The fraction of sp³-hybridized carbons (Fsp3) is 0. The Balaban J connectivity index is 2.31. The number of rotatable bonds is 4. The number of non-ortho nitro benzene ring substituents is 1. The van der Waals surface area contributed by atoms with Crippen LogP contribution < -0.4 is 16.6 Å². The second-order valence-corrected chi connectivity index (χ2v) is 4.35. The Kier molecular flexibility index (Phi) is 4.31. The molecule has 0 aliphatic heterocycles. The number of anilines is 2. The fourth-order valence-electron chi connectivity index (χ4n) is 1.62. The van der Waals surface area contributed by atoms with Crippen LogP contribution in [0.25, 0.3) is 0 Å². The van der Waals surface area contributed by atoms with Crippen LogP contribution in [-0.2, 0) is 0 Å². The summed E-state index contributed by atoms with van der Waals surface area (Å²) in [6.45, 7) is 0. The number of benzene rings is 1. The molecule has 0 aliphatic rings. The van der Waals surface area contributed by atoms with Crippen molar-refractivity contribution in [2.75, 3.05) is 10.7 Å². The normalized spacial score (nSPS) is 10.0. The van der Waals surface area contributed by atoms with Gasteiger partial charge in [0.1, 0.15) is 0 Å². The molecule has 0 spiro atoms. The summed E-state index contributed by atoms with van der Waals surface area (Å²) in [6, 6.07) is 5.22. The number of nitrogens with two attached hydrogens (primary N) is 1. The molecule has 1 amide bonds. The summed E-state index contributed by atoms with van der Waals surface area (Å²) in [5, 5.41) is 13.4. The van der Waals surface area contributed by atoms with Crippen LogP contribution in [0.15, 0.2) is 36.7 Å². The summed E-state index contributed by atoms with van der Waals surface area (Å²) in [5.41, 5.74) is 2.85. The lowest BCUT2D eigenvalue weighted by atomic mass is 10.2. The minimum absolute atomic E-state index is 0.135. The number of nitrogens with zero attached hydrogens (tertiary/aromatic N) is 2. The molecule has 1 aromatic heterocycles. The number of carbonyl (C=O) groups is 1. The number of nitro groups is 1. The van der Waals surface area contributed by atoms with E-state index >= 15 is 0 Å². The molecule has 21 heavy (non-hydrogen) atoms. The van der Waals surface area contributed by atoms with Crippen LogP contribution in [0.2, 0.25) is 5.02 Å². The second kappa shape index (κ2) is 6.16. The maximum absolute atomic E-state index is 12.2. The quantitative estimate of drug-likeness (QED) is 0.452. The molecule has 2 aromatic rings. The van der Waals surface area contributed by atoms with Gasteiger partial charge >= 0.3 is 0 Å². The van der Waals surface area contributed by atoms with Crippen molar-refractivity contribution in [3.05, 3.63) is 57.4 Å². The molecule has 0 aliphatic carbocycles. The smallest absolute Gasteiger partial charge is 0.271 e. The molecule has 1 aromatic carbocycles. The van der Waals surface area contributed by atoms with E-state index in [9.17, 15) is 14.9 Å². The first-order valence-corrected chi connectivity index (χ1v) is 6.06. The molecule has 4 N–H and O–H groups in total. The minimum atomic E-state index is -0.578. The van der Waals surface area contributed by atoms with Crippen LogP contribution in [0.1, 0.15) is 10.4 Å². The zero-order chi connectivity index (χ0) is 15.4. The third-order valence-electron chi connectivity index (χ3n) is 2.63. The van der Waals surface area contributed by atoms with Crippen molar-refractivity contribution >= 4 is 34.6 Å². The van der Waals surface area contributed by atoms with E-state index in [0.29, 0.717) is 5.69 Å². The van der Waals surface area contributed by atoms with E-state index in [4.69, 9.17) is 17.4 Å². The van der Waals surface area contributed by atoms with Gasteiger partial charge in [-0.2, -0.15) is 0 Å². The highest BCUT2D eigenvalue weighted by Crippen LogP contribution is 2.27. The molecule has 1 heterocycles. The summed E-state index contributed by atoms with van der Waals surface area (Å²) in [4.78, 5) is 26.1. The van der Waals surface area contributed by atoms with Gasteiger partial charge in [0, 0.05) is 18.3 Å². The Bertz CT molecular complexity index is 707. The molecule has 0 atom stereocenters. The Labute approximate surface area is 124 Å². The van der Waals surface area contributed by atoms with Gasteiger partial charge in [0.2, 0.25) is 0 Å². The van der Waals surface area contributed by atoms with Crippen molar-refractivity contribution in [3.8, 4) is 0 Å². The molecule has 2 rings (SSSR count). The maximum Gasteiger partial charge on any atom is 0.271 e. The second-order valence-electron chi connectivity index (χ2n) is 3.94. The van der Waals surface area contributed by atoms with Gasteiger partial charge in [-0.05, 0) is 12.1 Å². The predicted octanol–water partition coefficient (Wildman–Crippen LogP) is 2.18. The number of nitrogens with one attached hydrogen (secondary N) is 2. The number of pyridine rings is 1. The number of halogens is 1. The zero-order valence-corrected chi connectivity index (χ0v) is 11.3. The minimum Gasteiger partial charge on any atom is -0.322 e. The van der Waals surface area contributed by atoms with Crippen molar-refractivity contribution in [1.82, 2.24) is 4.98 Å². The molecule has 0 radical (unpaired) electrons. The third kappa shape index (κ3) is 3.25. The summed E-state index contributed by atoms with van der Waals surface area (Å²) >= 11 is 5.92. The molecule has 8 nitrogen and oxygen atoms in total. The van der Waals surface area contributed by atoms with E-state index < -0.39 is 10.8 Å². The number of carbonyl (C=O) groups excluding carboxylic acids is 1. The largest absolute Gasteiger partial charge is 0.322 e. The van der Waals surface area contributed by atoms with Gasteiger partial charge in [0.15, 0.2) is 0 Å². The monoisotopic (exact) mass is 307 g/mol. The number of aromatic nitrogens is 1. The summed E-state index contributed by atoms with van der Waals surface area (Å²) < 4.78 is 0. The average Bonchev–Trinajstić information content (AvgIpc) is 2.49. The van der Waals surface area contributed by atoms with E-state index in [1.807, 2.05) is 0 Å². The van der Waals surface area contributed by atoms with E-state index in [-0.39, 0.29) is 22.0 Å². The van der Waals surface area contributed by atoms with E-state index in [0.717, 1.165) is 0 Å². The Hall–Kier alpha value is -2.71. The van der Waals surface area contributed by atoms with Crippen molar-refractivity contribution in [2.45, 2.75) is 0 Å². The van der Waals surface area contributed by atoms with Crippen LogP contribution in [0.5, 0.6) is 0 Å². The fourth-order valence-corrected chi connectivity index (χ4v) is 1.78. The molecule has 9 heteroatoms. The lowest BCUT2D eigenvalue weighted by molar-refractivity contribution is -0.384. The first-order valence-electron chi connectivity index (χ1n) is 5.69. The van der Waals surface area contributed by atoms with Crippen LogP contribution in [0.3, 0.4) is 0 Å². The lowest BCUT2D eigenvalue weighted by Crippen LogP contribution is -2.17. The number of nitrogen functional groups attached to an aromatic ring is 1.